The molecule has 0 saturated carbocycles. The van der Waals surface area contributed by atoms with E-state index >= 15 is 0 Å². The van der Waals surface area contributed by atoms with Crippen molar-refractivity contribution < 1.29 is 19.0 Å². The molecule has 4 aromatic rings. The second kappa shape index (κ2) is 8.77. The molecule has 6 nitrogen and oxygen atoms in total. The van der Waals surface area contributed by atoms with Gasteiger partial charge in [0.15, 0.2) is 0 Å². The molecule has 0 radical (unpaired) electrons. The summed E-state index contributed by atoms with van der Waals surface area (Å²) in [7, 11) is 0. The second-order valence-corrected chi connectivity index (χ2v) is 9.83. The maximum atomic E-state index is 12.5. The molecule has 2 aliphatic rings. The minimum atomic E-state index is -1.17. The van der Waals surface area contributed by atoms with Gasteiger partial charge in [-0.05, 0) is 85.8 Å². The largest absolute Gasteiger partial charge is 0.423 e. The lowest BCUT2D eigenvalue weighted by molar-refractivity contribution is 0.0199. The normalized spacial score (nSPS) is 17.2. The van der Waals surface area contributed by atoms with Gasteiger partial charge in [-0.15, -0.1) is 0 Å². The monoisotopic (exact) mass is 472 g/mol. The Hall–Kier alpha value is -3.22. The lowest BCUT2D eigenvalue weighted by atomic mass is 9.85. The number of rotatable bonds is 4. The van der Waals surface area contributed by atoms with Crippen molar-refractivity contribution >= 4 is 21.9 Å². The smallest absolute Gasteiger partial charge is 0.339 e. The molecule has 2 heterocycles. The van der Waals surface area contributed by atoms with Crippen molar-refractivity contribution in [3.8, 4) is 0 Å². The molecule has 2 aliphatic carbocycles. The Morgan fingerprint density at radius 3 is 1.83 bits per heavy atom. The third-order valence-corrected chi connectivity index (χ3v) is 7.72. The fourth-order valence-electron chi connectivity index (χ4n) is 6.06. The number of benzene rings is 2. The Morgan fingerprint density at radius 1 is 0.686 bits per heavy atom. The zero-order valence-corrected chi connectivity index (χ0v) is 19.5. The highest BCUT2D eigenvalue weighted by molar-refractivity contribution is 5.86. The topological polar surface area (TPSA) is 101 Å². The van der Waals surface area contributed by atoms with Gasteiger partial charge >= 0.3 is 11.3 Å². The number of fused-ring (bicyclic) bond motifs is 6. The van der Waals surface area contributed by atoms with Crippen LogP contribution in [-0.2, 0) is 32.1 Å². The van der Waals surface area contributed by atoms with E-state index in [1.807, 2.05) is 12.1 Å². The Kier molecular flexibility index (Phi) is 5.58. The molecule has 2 aromatic carbocycles. The fraction of sp³-hybridized carbons (Fsp3) is 0.379. The van der Waals surface area contributed by atoms with Gasteiger partial charge in [0.05, 0.1) is 6.10 Å². The molecule has 0 fully saturated rings. The lowest BCUT2D eigenvalue weighted by Gasteiger charge is -2.24. The van der Waals surface area contributed by atoms with Crippen molar-refractivity contribution in [2.45, 2.75) is 70.0 Å². The Labute approximate surface area is 201 Å². The van der Waals surface area contributed by atoms with Crippen molar-refractivity contribution in [3.05, 3.63) is 90.6 Å². The molecule has 2 unspecified atom stereocenters. The predicted molar refractivity (Wildman–Crippen MR) is 133 cm³/mol. The molecular formula is C29H28O6. The molecule has 6 heteroatoms. The summed E-state index contributed by atoms with van der Waals surface area (Å²) in [6, 6.07) is 10.8. The summed E-state index contributed by atoms with van der Waals surface area (Å²) in [6.07, 6.45) is 4.78. The molecule has 2 atom stereocenters. The SMILES string of the molecule is O=c1oc2cccc(CC(O)C(O)c3cccc4oc(=O)c5c(c34)CCCC5)c2c2c1CCCC2. The Bertz CT molecular complexity index is 1560. The van der Waals surface area contributed by atoms with E-state index in [1.165, 1.54) is 0 Å². The average molecular weight is 473 g/mol. The van der Waals surface area contributed by atoms with Crippen LogP contribution in [-0.4, -0.2) is 16.3 Å². The predicted octanol–water partition coefficient (Wildman–Crippen LogP) is 4.29. The van der Waals surface area contributed by atoms with Crippen molar-refractivity contribution in [1.82, 2.24) is 0 Å². The van der Waals surface area contributed by atoms with Crippen LogP contribution in [0, 0.1) is 0 Å². The first kappa shape index (κ1) is 22.3. The van der Waals surface area contributed by atoms with Gasteiger partial charge in [-0.25, -0.2) is 9.59 Å². The van der Waals surface area contributed by atoms with Gasteiger partial charge in [-0.3, -0.25) is 0 Å². The summed E-state index contributed by atoms with van der Waals surface area (Å²) in [5.74, 6) is 0. The first-order valence-corrected chi connectivity index (χ1v) is 12.5. The van der Waals surface area contributed by atoms with Crippen molar-refractivity contribution in [1.29, 1.82) is 0 Å². The van der Waals surface area contributed by atoms with E-state index in [4.69, 9.17) is 8.83 Å². The zero-order chi connectivity index (χ0) is 24.1. The van der Waals surface area contributed by atoms with Crippen LogP contribution in [0.4, 0.5) is 0 Å². The van der Waals surface area contributed by atoms with E-state index in [-0.39, 0.29) is 17.7 Å². The maximum Gasteiger partial charge on any atom is 0.339 e. The number of hydrogen-bond acceptors (Lipinski definition) is 6. The van der Waals surface area contributed by atoms with E-state index in [9.17, 15) is 19.8 Å². The number of hydrogen-bond donors (Lipinski definition) is 2. The minimum Gasteiger partial charge on any atom is -0.423 e. The zero-order valence-electron chi connectivity index (χ0n) is 19.5. The third kappa shape index (κ3) is 3.72. The lowest BCUT2D eigenvalue weighted by Crippen LogP contribution is -2.23. The van der Waals surface area contributed by atoms with Gasteiger partial charge in [0, 0.05) is 28.3 Å². The van der Waals surface area contributed by atoms with Crippen molar-refractivity contribution in [3.63, 3.8) is 0 Å². The highest BCUT2D eigenvalue weighted by Gasteiger charge is 2.27. The van der Waals surface area contributed by atoms with Crippen LogP contribution in [0.1, 0.15) is 65.2 Å². The molecule has 0 aliphatic heterocycles. The second-order valence-electron chi connectivity index (χ2n) is 9.83. The van der Waals surface area contributed by atoms with E-state index in [0.29, 0.717) is 35.1 Å². The van der Waals surface area contributed by atoms with E-state index in [1.54, 1.807) is 24.3 Å². The van der Waals surface area contributed by atoms with Gasteiger partial charge in [-0.2, -0.15) is 0 Å². The summed E-state index contributed by atoms with van der Waals surface area (Å²) < 4.78 is 11.2. The van der Waals surface area contributed by atoms with Gasteiger partial charge in [-0.1, -0.05) is 24.3 Å². The van der Waals surface area contributed by atoms with Crippen LogP contribution in [0.5, 0.6) is 0 Å². The molecule has 0 spiro atoms. The molecule has 0 amide bonds. The van der Waals surface area contributed by atoms with E-state index in [2.05, 4.69) is 0 Å². The van der Waals surface area contributed by atoms with Crippen LogP contribution < -0.4 is 11.3 Å². The van der Waals surface area contributed by atoms with Gasteiger partial charge in [0.2, 0.25) is 0 Å². The number of aliphatic hydroxyl groups is 2. The first-order chi connectivity index (χ1) is 17.0. The maximum absolute atomic E-state index is 12.5. The fourth-order valence-corrected chi connectivity index (χ4v) is 6.06. The molecule has 2 N–H and O–H groups in total. The number of aryl methyl sites for hydroxylation is 2. The molecular weight excluding hydrogens is 444 g/mol. The molecule has 2 aromatic heterocycles. The summed E-state index contributed by atoms with van der Waals surface area (Å²) in [4.78, 5) is 25.0. The van der Waals surface area contributed by atoms with Gasteiger partial charge in [0.25, 0.3) is 0 Å². The highest BCUT2D eigenvalue weighted by Crippen LogP contribution is 2.35. The average Bonchev–Trinajstić information content (AvgIpc) is 2.88. The Balaban J connectivity index is 1.42. The third-order valence-electron chi connectivity index (χ3n) is 7.72. The summed E-state index contributed by atoms with van der Waals surface area (Å²) >= 11 is 0. The van der Waals surface area contributed by atoms with Crippen LogP contribution >= 0.6 is 0 Å². The molecule has 0 saturated heterocycles. The van der Waals surface area contributed by atoms with E-state index in [0.717, 1.165) is 71.6 Å². The summed E-state index contributed by atoms with van der Waals surface area (Å²) in [5, 5.41) is 24.2. The summed E-state index contributed by atoms with van der Waals surface area (Å²) in [5.41, 5.74) is 5.20. The molecule has 0 bridgehead atoms. The molecule has 35 heavy (non-hydrogen) atoms. The standard InChI is InChI=1S/C29H28O6/c30-22(15-16-7-5-13-23-25(16)17-8-1-3-10-19(17)28(32)34-23)27(31)21-12-6-14-24-26(21)18-9-2-4-11-20(18)29(33)35-24/h5-7,12-14,22,27,30-31H,1-4,8-11,15H2. The van der Waals surface area contributed by atoms with Crippen LogP contribution in [0.3, 0.4) is 0 Å². The van der Waals surface area contributed by atoms with E-state index < -0.39 is 12.2 Å². The van der Waals surface area contributed by atoms with Crippen LogP contribution in [0.25, 0.3) is 21.9 Å². The quantitative estimate of drug-likeness (QED) is 0.430. The van der Waals surface area contributed by atoms with Gasteiger partial charge in [0.1, 0.15) is 17.3 Å². The van der Waals surface area contributed by atoms with Crippen molar-refractivity contribution in [2.24, 2.45) is 0 Å². The summed E-state index contributed by atoms with van der Waals surface area (Å²) in [6.45, 7) is 0. The van der Waals surface area contributed by atoms with Crippen molar-refractivity contribution in [2.75, 3.05) is 0 Å². The Morgan fingerprint density at radius 2 is 1.20 bits per heavy atom. The van der Waals surface area contributed by atoms with Gasteiger partial charge < -0.3 is 19.0 Å². The molecule has 6 rings (SSSR count). The minimum absolute atomic E-state index is 0.202. The van der Waals surface area contributed by atoms with Crippen LogP contribution in [0.15, 0.2) is 54.8 Å². The highest BCUT2D eigenvalue weighted by atomic mass is 16.4. The van der Waals surface area contributed by atoms with Crippen LogP contribution in [0.2, 0.25) is 0 Å². The first-order valence-electron chi connectivity index (χ1n) is 12.5. The molecule has 180 valence electrons. The number of aliphatic hydroxyl groups excluding tert-OH is 2.